The number of esters is 1. The molecule has 0 aliphatic heterocycles. The second-order valence-electron chi connectivity index (χ2n) is 7.69. The average Bonchev–Trinajstić information content (AvgIpc) is 3.47. The van der Waals surface area contributed by atoms with Crippen LogP contribution in [0.3, 0.4) is 0 Å². The number of furan rings is 1. The standard InChI is InChI=1S/C24H24N4O4/c1-15(2)28-22-20(14-26-28)19(12-21(27-22)17-8-5-4-6-9-17)24(30)32-16(3)23(29)25-13-18-10-7-11-31-18/h4-12,14-16H,13H2,1-3H3,(H,25,29). The Morgan fingerprint density at radius 1 is 1.12 bits per heavy atom. The van der Waals surface area contributed by atoms with Gasteiger partial charge in [0.25, 0.3) is 5.91 Å². The topological polar surface area (TPSA) is 99.2 Å². The number of nitrogens with zero attached hydrogens (tertiary/aromatic N) is 3. The zero-order chi connectivity index (χ0) is 22.7. The van der Waals surface area contributed by atoms with Gasteiger partial charge in [0, 0.05) is 11.6 Å². The molecule has 1 N–H and O–H groups in total. The SMILES string of the molecule is CC(OC(=O)c1cc(-c2ccccc2)nc2c1cnn2C(C)C)C(=O)NCc1ccco1. The van der Waals surface area contributed by atoms with Crippen molar-refractivity contribution in [3.63, 3.8) is 0 Å². The smallest absolute Gasteiger partial charge is 0.339 e. The molecule has 8 nitrogen and oxygen atoms in total. The lowest BCUT2D eigenvalue weighted by Gasteiger charge is -2.14. The van der Waals surface area contributed by atoms with Crippen LogP contribution in [-0.4, -0.2) is 32.7 Å². The van der Waals surface area contributed by atoms with Crippen molar-refractivity contribution in [3.05, 3.63) is 72.3 Å². The van der Waals surface area contributed by atoms with Crippen LogP contribution in [0.25, 0.3) is 22.3 Å². The summed E-state index contributed by atoms with van der Waals surface area (Å²) in [6.45, 7) is 5.73. The van der Waals surface area contributed by atoms with E-state index >= 15 is 0 Å². The molecule has 32 heavy (non-hydrogen) atoms. The Morgan fingerprint density at radius 2 is 1.91 bits per heavy atom. The van der Waals surface area contributed by atoms with Crippen LogP contribution in [0.1, 0.15) is 42.9 Å². The molecule has 0 aliphatic rings. The lowest BCUT2D eigenvalue weighted by Crippen LogP contribution is -2.35. The Balaban J connectivity index is 1.62. The highest BCUT2D eigenvalue weighted by Crippen LogP contribution is 2.27. The van der Waals surface area contributed by atoms with Crippen molar-refractivity contribution < 1.29 is 18.7 Å². The summed E-state index contributed by atoms with van der Waals surface area (Å²) in [5.74, 6) is -0.416. The van der Waals surface area contributed by atoms with E-state index < -0.39 is 18.0 Å². The first kappa shape index (κ1) is 21.3. The van der Waals surface area contributed by atoms with Crippen LogP contribution in [0.4, 0.5) is 0 Å². The van der Waals surface area contributed by atoms with E-state index in [-0.39, 0.29) is 12.6 Å². The van der Waals surface area contributed by atoms with E-state index in [9.17, 15) is 9.59 Å². The van der Waals surface area contributed by atoms with Gasteiger partial charge in [-0.05, 0) is 39.0 Å². The minimum atomic E-state index is -0.985. The highest BCUT2D eigenvalue weighted by atomic mass is 16.5. The number of carbonyl (C=O) groups is 2. The molecular formula is C24H24N4O4. The second-order valence-corrected chi connectivity index (χ2v) is 7.69. The molecule has 0 fully saturated rings. The fraction of sp³-hybridized carbons (Fsp3) is 0.250. The van der Waals surface area contributed by atoms with E-state index in [1.807, 2.05) is 44.2 Å². The van der Waals surface area contributed by atoms with Crippen LogP contribution >= 0.6 is 0 Å². The summed E-state index contributed by atoms with van der Waals surface area (Å²) in [4.78, 5) is 30.2. The molecule has 3 heterocycles. The summed E-state index contributed by atoms with van der Waals surface area (Å²) in [5.41, 5.74) is 2.39. The Morgan fingerprint density at radius 3 is 2.59 bits per heavy atom. The van der Waals surface area contributed by atoms with Crippen molar-refractivity contribution >= 4 is 22.9 Å². The van der Waals surface area contributed by atoms with Crippen LogP contribution in [0.5, 0.6) is 0 Å². The second kappa shape index (κ2) is 9.05. The molecule has 8 heteroatoms. The molecule has 0 spiro atoms. The Bertz CT molecular complexity index is 1230. The number of hydrogen-bond donors (Lipinski definition) is 1. The number of benzene rings is 1. The largest absolute Gasteiger partial charge is 0.467 e. The third-order valence-electron chi connectivity index (χ3n) is 5.02. The molecule has 1 unspecified atom stereocenters. The average molecular weight is 432 g/mol. The van der Waals surface area contributed by atoms with Crippen molar-refractivity contribution in [2.24, 2.45) is 0 Å². The minimum Gasteiger partial charge on any atom is -0.467 e. The third-order valence-corrected chi connectivity index (χ3v) is 5.02. The van der Waals surface area contributed by atoms with Crippen LogP contribution in [0, 0.1) is 0 Å². The fourth-order valence-corrected chi connectivity index (χ4v) is 3.33. The third kappa shape index (κ3) is 4.39. The fourth-order valence-electron chi connectivity index (χ4n) is 3.33. The number of carbonyl (C=O) groups excluding carboxylic acids is 2. The lowest BCUT2D eigenvalue weighted by molar-refractivity contribution is -0.129. The van der Waals surface area contributed by atoms with Gasteiger partial charge in [-0.25, -0.2) is 14.5 Å². The molecule has 0 radical (unpaired) electrons. The van der Waals surface area contributed by atoms with Gasteiger partial charge in [0.05, 0.1) is 35.6 Å². The van der Waals surface area contributed by atoms with Gasteiger partial charge in [-0.15, -0.1) is 0 Å². The van der Waals surface area contributed by atoms with E-state index in [0.29, 0.717) is 28.1 Å². The summed E-state index contributed by atoms with van der Waals surface area (Å²) >= 11 is 0. The molecule has 4 rings (SSSR count). The van der Waals surface area contributed by atoms with Crippen LogP contribution in [0.2, 0.25) is 0 Å². The number of rotatable bonds is 7. The first-order valence-electron chi connectivity index (χ1n) is 10.4. The van der Waals surface area contributed by atoms with E-state index in [2.05, 4.69) is 10.4 Å². The summed E-state index contributed by atoms with van der Waals surface area (Å²) in [7, 11) is 0. The summed E-state index contributed by atoms with van der Waals surface area (Å²) in [5, 5.41) is 7.67. The predicted molar refractivity (Wildman–Crippen MR) is 119 cm³/mol. The van der Waals surface area contributed by atoms with Crippen LogP contribution in [0.15, 0.2) is 65.4 Å². The molecule has 4 aromatic rings. The van der Waals surface area contributed by atoms with Crippen molar-refractivity contribution in [1.29, 1.82) is 0 Å². The van der Waals surface area contributed by atoms with Gasteiger partial charge in [-0.2, -0.15) is 5.10 Å². The predicted octanol–water partition coefficient (Wildman–Crippen LogP) is 4.13. The normalized spacial score (nSPS) is 12.1. The molecule has 1 aromatic carbocycles. The van der Waals surface area contributed by atoms with Gasteiger partial charge in [0.2, 0.25) is 0 Å². The summed E-state index contributed by atoms with van der Waals surface area (Å²) in [6.07, 6.45) is 2.15. The van der Waals surface area contributed by atoms with Crippen LogP contribution < -0.4 is 5.32 Å². The van der Waals surface area contributed by atoms with Crippen LogP contribution in [-0.2, 0) is 16.1 Å². The van der Waals surface area contributed by atoms with Gasteiger partial charge in [0.1, 0.15) is 5.76 Å². The molecular weight excluding hydrogens is 408 g/mol. The van der Waals surface area contributed by atoms with Crippen molar-refractivity contribution in [3.8, 4) is 11.3 Å². The Labute approximate surface area is 185 Å². The zero-order valence-corrected chi connectivity index (χ0v) is 18.1. The summed E-state index contributed by atoms with van der Waals surface area (Å²) in [6, 6.07) is 14.8. The number of amides is 1. The molecule has 164 valence electrons. The maximum Gasteiger partial charge on any atom is 0.339 e. The van der Waals surface area contributed by atoms with Gasteiger partial charge in [0.15, 0.2) is 11.8 Å². The number of fused-ring (bicyclic) bond motifs is 1. The first-order chi connectivity index (χ1) is 15.4. The van der Waals surface area contributed by atoms with Crippen molar-refractivity contribution in [2.45, 2.75) is 39.5 Å². The quantitative estimate of drug-likeness (QED) is 0.441. The Kier molecular flexibility index (Phi) is 6.02. The number of pyridine rings is 1. The van der Waals surface area contributed by atoms with E-state index in [0.717, 1.165) is 5.56 Å². The van der Waals surface area contributed by atoms with Gasteiger partial charge < -0.3 is 14.5 Å². The van der Waals surface area contributed by atoms with Crippen molar-refractivity contribution in [2.75, 3.05) is 0 Å². The molecule has 0 aliphatic carbocycles. The highest BCUT2D eigenvalue weighted by molar-refractivity contribution is 6.04. The van der Waals surface area contributed by atoms with E-state index in [1.165, 1.54) is 13.2 Å². The lowest BCUT2D eigenvalue weighted by atomic mass is 10.1. The molecule has 1 amide bonds. The number of nitrogens with one attached hydrogen (secondary N) is 1. The van der Waals surface area contributed by atoms with Gasteiger partial charge in [-0.3, -0.25) is 4.79 Å². The summed E-state index contributed by atoms with van der Waals surface area (Å²) < 4.78 is 12.5. The number of hydrogen-bond acceptors (Lipinski definition) is 6. The maximum atomic E-state index is 13.1. The van der Waals surface area contributed by atoms with E-state index in [4.69, 9.17) is 14.1 Å². The Hall–Kier alpha value is -3.94. The monoisotopic (exact) mass is 432 g/mol. The first-order valence-corrected chi connectivity index (χ1v) is 10.4. The molecule has 1 atom stereocenters. The maximum absolute atomic E-state index is 13.1. The minimum absolute atomic E-state index is 0.0567. The van der Waals surface area contributed by atoms with Gasteiger partial charge >= 0.3 is 5.97 Å². The van der Waals surface area contributed by atoms with Crippen molar-refractivity contribution in [1.82, 2.24) is 20.1 Å². The molecule has 3 aromatic heterocycles. The molecule has 0 bridgehead atoms. The molecule has 0 saturated carbocycles. The zero-order valence-electron chi connectivity index (χ0n) is 18.1. The van der Waals surface area contributed by atoms with Gasteiger partial charge in [-0.1, -0.05) is 30.3 Å². The number of ether oxygens (including phenoxy) is 1. The molecule has 0 saturated heterocycles. The highest BCUT2D eigenvalue weighted by Gasteiger charge is 2.23. The van der Waals surface area contributed by atoms with E-state index in [1.54, 1.807) is 29.1 Å². The number of aromatic nitrogens is 3.